The van der Waals surface area contributed by atoms with Gasteiger partial charge < -0.3 is 9.92 Å². The Balaban J connectivity index is 2.11. The van der Waals surface area contributed by atoms with E-state index in [2.05, 4.69) is 24.0 Å². The topological polar surface area (TPSA) is 43.8 Å². The zero-order chi connectivity index (χ0) is 13.8. The first-order valence-electron chi connectivity index (χ1n) is 6.57. The van der Waals surface area contributed by atoms with Crippen LogP contribution in [0.25, 0.3) is 0 Å². The smallest absolute Gasteiger partial charge is 0.304 e. The van der Waals surface area contributed by atoms with Crippen LogP contribution in [0, 0.1) is 0 Å². The molecule has 0 saturated carbocycles. The maximum atomic E-state index is 11.0. The molecule has 1 saturated heterocycles. The number of benzene rings is 1. The van der Waals surface area contributed by atoms with E-state index in [1.54, 1.807) is 4.81 Å². The molecule has 1 fully saturated rings. The first-order chi connectivity index (χ1) is 9.06. The van der Waals surface area contributed by atoms with Gasteiger partial charge in [0.25, 0.3) is 0 Å². The molecule has 5 heteroatoms. The van der Waals surface area contributed by atoms with Gasteiger partial charge in [0, 0.05) is 31.7 Å². The Bertz CT molecular complexity index is 427. The molecule has 0 bridgehead atoms. The van der Waals surface area contributed by atoms with E-state index in [4.69, 9.17) is 13.1 Å². The molecule has 19 heavy (non-hydrogen) atoms. The van der Waals surface area contributed by atoms with E-state index >= 15 is 0 Å². The number of nitrogens with zero attached hydrogens (tertiary/aromatic N) is 2. The van der Waals surface area contributed by atoms with Gasteiger partial charge in [0.05, 0.1) is 6.42 Å². The number of hydrogen-bond donors (Lipinski definition) is 1. The van der Waals surface area contributed by atoms with E-state index < -0.39 is 5.97 Å². The van der Waals surface area contributed by atoms with Crippen molar-refractivity contribution in [3.63, 3.8) is 0 Å². The van der Waals surface area contributed by atoms with Gasteiger partial charge in [-0.05, 0) is 12.5 Å². The summed E-state index contributed by atoms with van der Waals surface area (Å²) in [6, 6.07) is 10.4. The third-order valence-electron chi connectivity index (χ3n) is 3.60. The van der Waals surface area contributed by atoms with Crippen LogP contribution < -0.4 is 0 Å². The van der Waals surface area contributed by atoms with E-state index in [0.717, 1.165) is 13.1 Å². The Kier molecular flexibility index (Phi) is 4.61. The van der Waals surface area contributed by atoms with Crippen LogP contribution >= 0.6 is 0 Å². The highest BCUT2D eigenvalue weighted by molar-refractivity contribution is 6.04. The standard InChI is InChI=1S/C14H19BN2O2/c1-11-8-16(15)10-13(7-14(18)19)17(11)9-12-5-3-2-4-6-12/h2-6,11,13H,7-10H2,1H3,(H,18,19). The first-order valence-corrected chi connectivity index (χ1v) is 6.57. The second kappa shape index (κ2) is 6.22. The summed E-state index contributed by atoms with van der Waals surface area (Å²) in [5.41, 5.74) is 1.20. The molecule has 4 nitrogen and oxygen atoms in total. The largest absolute Gasteiger partial charge is 0.481 e. The first kappa shape index (κ1) is 14.1. The molecule has 1 aliphatic rings. The van der Waals surface area contributed by atoms with Crippen molar-refractivity contribution in [2.75, 3.05) is 13.1 Å². The highest BCUT2D eigenvalue weighted by Gasteiger charge is 2.31. The van der Waals surface area contributed by atoms with E-state index in [1.807, 2.05) is 18.2 Å². The minimum absolute atomic E-state index is 0.0357. The number of hydrogen-bond acceptors (Lipinski definition) is 3. The molecular weight excluding hydrogens is 239 g/mol. The van der Waals surface area contributed by atoms with Gasteiger partial charge >= 0.3 is 5.97 Å². The predicted molar refractivity (Wildman–Crippen MR) is 74.8 cm³/mol. The lowest BCUT2D eigenvalue weighted by molar-refractivity contribution is -0.139. The Labute approximate surface area is 115 Å². The van der Waals surface area contributed by atoms with Gasteiger partial charge in [0.2, 0.25) is 0 Å². The van der Waals surface area contributed by atoms with Gasteiger partial charge in [0.1, 0.15) is 0 Å². The monoisotopic (exact) mass is 258 g/mol. The number of rotatable bonds is 4. The van der Waals surface area contributed by atoms with Crippen molar-refractivity contribution in [3.05, 3.63) is 35.9 Å². The molecule has 2 atom stereocenters. The molecule has 0 spiro atoms. The van der Waals surface area contributed by atoms with Crippen LogP contribution in [-0.2, 0) is 11.3 Å². The molecular formula is C14H19BN2O2. The predicted octanol–water partition coefficient (Wildman–Crippen LogP) is 1.12. The van der Waals surface area contributed by atoms with Gasteiger partial charge in [-0.15, -0.1) is 0 Å². The summed E-state index contributed by atoms with van der Waals surface area (Å²) < 4.78 is 0. The molecule has 1 aliphatic heterocycles. The lowest BCUT2D eigenvalue weighted by Crippen LogP contribution is -2.57. The lowest BCUT2D eigenvalue weighted by atomic mass is 10.00. The molecule has 0 amide bonds. The zero-order valence-electron chi connectivity index (χ0n) is 11.2. The maximum absolute atomic E-state index is 11.0. The molecule has 1 aromatic carbocycles. The molecule has 0 aromatic heterocycles. The highest BCUT2D eigenvalue weighted by Crippen LogP contribution is 2.20. The second-order valence-electron chi connectivity index (χ2n) is 5.21. The van der Waals surface area contributed by atoms with Crippen molar-refractivity contribution in [1.82, 2.24) is 9.71 Å². The molecule has 2 unspecified atom stereocenters. The average Bonchev–Trinajstić information content (AvgIpc) is 2.34. The maximum Gasteiger partial charge on any atom is 0.304 e. The van der Waals surface area contributed by atoms with E-state index in [0.29, 0.717) is 6.54 Å². The Morgan fingerprint density at radius 2 is 2.05 bits per heavy atom. The summed E-state index contributed by atoms with van der Waals surface area (Å²) in [5, 5.41) is 9.04. The second-order valence-corrected chi connectivity index (χ2v) is 5.21. The number of carboxylic acid groups (broad SMARTS) is 1. The minimum Gasteiger partial charge on any atom is -0.481 e. The summed E-state index contributed by atoms with van der Waals surface area (Å²) in [6.45, 7) is 4.23. The molecule has 0 aliphatic carbocycles. The third-order valence-corrected chi connectivity index (χ3v) is 3.60. The van der Waals surface area contributed by atoms with E-state index in [9.17, 15) is 4.79 Å². The van der Waals surface area contributed by atoms with E-state index in [-0.39, 0.29) is 18.5 Å². The number of piperazine rings is 1. The average molecular weight is 258 g/mol. The molecule has 1 aromatic rings. The molecule has 1 heterocycles. The molecule has 100 valence electrons. The van der Waals surface area contributed by atoms with Crippen LogP contribution in [0.2, 0.25) is 0 Å². The van der Waals surface area contributed by atoms with Gasteiger partial charge in [-0.25, -0.2) is 0 Å². The fraction of sp³-hybridized carbons (Fsp3) is 0.500. The van der Waals surface area contributed by atoms with Crippen LogP contribution in [-0.4, -0.2) is 53.9 Å². The Morgan fingerprint density at radius 3 is 2.68 bits per heavy atom. The van der Waals surface area contributed by atoms with Crippen molar-refractivity contribution >= 4 is 14.0 Å². The van der Waals surface area contributed by atoms with E-state index in [1.165, 1.54) is 5.56 Å². The van der Waals surface area contributed by atoms with Crippen molar-refractivity contribution in [2.24, 2.45) is 0 Å². The van der Waals surface area contributed by atoms with Crippen molar-refractivity contribution < 1.29 is 9.90 Å². The van der Waals surface area contributed by atoms with Crippen molar-refractivity contribution in [1.29, 1.82) is 0 Å². The fourth-order valence-corrected chi connectivity index (χ4v) is 2.72. The summed E-state index contributed by atoms with van der Waals surface area (Å²) in [4.78, 5) is 15.0. The number of carbonyl (C=O) groups is 1. The molecule has 1 N–H and O–H groups in total. The number of carboxylic acids is 1. The van der Waals surface area contributed by atoms with Gasteiger partial charge in [-0.3, -0.25) is 9.69 Å². The zero-order valence-corrected chi connectivity index (χ0v) is 11.2. The normalized spacial score (nSPS) is 25.3. The quantitative estimate of drug-likeness (QED) is 0.822. The summed E-state index contributed by atoms with van der Waals surface area (Å²) in [7, 11) is 5.86. The van der Waals surface area contributed by atoms with Crippen LogP contribution in [0.1, 0.15) is 18.9 Å². The lowest BCUT2D eigenvalue weighted by Gasteiger charge is -2.44. The van der Waals surface area contributed by atoms with Gasteiger partial charge in [0.15, 0.2) is 7.98 Å². The molecule has 2 rings (SSSR count). The van der Waals surface area contributed by atoms with Crippen LogP contribution in [0.4, 0.5) is 0 Å². The summed E-state index contributed by atoms with van der Waals surface area (Å²) in [5.74, 6) is -0.773. The summed E-state index contributed by atoms with van der Waals surface area (Å²) in [6.07, 6.45) is 0.130. The third kappa shape index (κ3) is 3.82. The van der Waals surface area contributed by atoms with Crippen molar-refractivity contribution in [2.45, 2.75) is 32.0 Å². The SMILES string of the molecule is [B]N1CC(C)N(Cc2ccccc2)C(CC(=O)O)C1. The Hall–Kier alpha value is -1.33. The van der Waals surface area contributed by atoms with Gasteiger partial charge in [-0.1, -0.05) is 30.3 Å². The fourth-order valence-electron chi connectivity index (χ4n) is 2.72. The number of aliphatic carboxylic acids is 1. The van der Waals surface area contributed by atoms with Gasteiger partial charge in [-0.2, -0.15) is 0 Å². The minimum atomic E-state index is -0.773. The molecule has 2 radical (unpaired) electrons. The van der Waals surface area contributed by atoms with Crippen LogP contribution in [0.5, 0.6) is 0 Å². The van der Waals surface area contributed by atoms with Crippen LogP contribution in [0.15, 0.2) is 30.3 Å². The Morgan fingerprint density at radius 1 is 1.37 bits per heavy atom. The highest BCUT2D eigenvalue weighted by atomic mass is 16.4. The van der Waals surface area contributed by atoms with Crippen molar-refractivity contribution in [3.8, 4) is 0 Å². The van der Waals surface area contributed by atoms with Crippen LogP contribution in [0.3, 0.4) is 0 Å². The summed E-state index contributed by atoms with van der Waals surface area (Å²) >= 11 is 0.